The molecule has 0 aliphatic carbocycles. The molecule has 0 heterocycles. The summed E-state index contributed by atoms with van der Waals surface area (Å²) in [6, 6.07) is 47.9. The molecular weight excluding hydrogens is 821 g/mol. The molecule has 0 unspecified atom stereocenters. The third-order valence-corrected chi connectivity index (χ3v) is 11.7. The number of methoxy groups -OCH3 is 5. The van der Waals surface area contributed by atoms with Crippen molar-refractivity contribution in [2.24, 2.45) is 0 Å². The molecule has 10 heteroatoms. The van der Waals surface area contributed by atoms with Crippen molar-refractivity contribution in [1.82, 2.24) is 0 Å². The highest BCUT2D eigenvalue weighted by Crippen LogP contribution is 2.59. The summed E-state index contributed by atoms with van der Waals surface area (Å²) < 4.78 is 61.7. The van der Waals surface area contributed by atoms with Gasteiger partial charge in [-0.05, 0) is 152 Å². The Hall–Kier alpha value is -8.50. The molecule has 10 nitrogen and oxygen atoms in total. The predicted octanol–water partition coefficient (Wildman–Crippen LogP) is 14.8. The van der Waals surface area contributed by atoms with Gasteiger partial charge in [0.15, 0.2) is 0 Å². The highest BCUT2D eigenvalue weighted by atomic mass is 16.5. The Morgan fingerprint density at radius 1 is 0.200 bits per heavy atom. The van der Waals surface area contributed by atoms with Crippen LogP contribution in [0.2, 0.25) is 0 Å². The van der Waals surface area contributed by atoms with Crippen LogP contribution in [0.3, 0.4) is 0 Å². The van der Waals surface area contributed by atoms with Gasteiger partial charge in [-0.2, -0.15) is 0 Å². The number of ether oxygens (including phenoxy) is 10. The molecule has 11 aromatic carbocycles. The van der Waals surface area contributed by atoms with Gasteiger partial charge in [-0.3, -0.25) is 0 Å². The summed E-state index contributed by atoms with van der Waals surface area (Å²) in [6.07, 6.45) is 0. The molecule has 320 valence electrons. The molecule has 0 aromatic heterocycles. The Balaban J connectivity index is 1.24. The van der Waals surface area contributed by atoms with Gasteiger partial charge in [0.25, 0.3) is 0 Å². The van der Waals surface area contributed by atoms with E-state index in [4.69, 9.17) is 47.4 Å². The molecule has 0 saturated heterocycles. The third-order valence-electron chi connectivity index (χ3n) is 11.7. The number of hydrogen-bond donors (Lipinski definition) is 0. The van der Waals surface area contributed by atoms with E-state index in [9.17, 15) is 0 Å². The van der Waals surface area contributed by atoms with Crippen molar-refractivity contribution >= 4 is 53.9 Å². The predicted molar refractivity (Wildman–Crippen MR) is 253 cm³/mol. The van der Waals surface area contributed by atoms with E-state index in [2.05, 4.69) is 0 Å². The molecule has 0 saturated carbocycles. The second kappa shape index (κ2) is 16.0. The zero-order valence-electron chi connectivity index (χ0n) is 36.0. The Kier molecular flexibility index (Phi) is 9.69. The molecular formula is C55H40O10. The van der Waals surface area contributed by atoms with Crippen LogP contribution in [-0.4, -0.2) is 35.5 Å². The summed E-state index contributed by atoms with van der Waals surface area (Å²) in [5.74, 6) is 9.75. The first-order chi connectivity index (χ1) is 31.9. The fraction of sp³-hybridized carbons (Fsp3) is 0.0909. The zero-order valence-corrected chi connectivity index (χ0v) is 36.0. The lowest BCUT2D eigenvalue weighted by molar-refractivity contribution is 0.412. The average molecular weight is 861 g/mol. The molecule has 11 rings (SSSR count). The maximum absolute atomic E-state index is 6.87. The molecule has 0 atom stereocenters. The molecule has 0 amide bonds. The van der Waals surface area contributed by atoms with E-state index in [0.717, 1.165) is 82.6 Å². The summed E-state index contributed by atoms with van der Waals surface area (Å²) in [5.41, 5.74) is 0. The lowest BCUT2D eigenvalue weighted by Gasteiger charge is -2.17. The molecule has 11 aromatic rings. The molecule has 0 bridgehead atoms. The number of hydrogen-bond acceptors (Lipinski definition) is 10. The third kappa shape index (κ3) is 6.92. The maximum Gasteiger partial charge on any atom is 0.136 e. The van der Waals surface area contributed by atoms with Crippen molar-refractivity contribution in [2.45, 2.75) is 0 Å². The van der Waals surface area contributed by atoms with Gasteiger partial charge in [0.05, 0.1) is 35.5 Å². The van der Waals surface area contributed by atoms with Crippen LogP contribution in [0.4, 0.5) is 0 Å². The monoisotopic (exact) mass is 860 g/mol. The van der Waals surface area contributed by atoms with Gasteiger partial charge in [0.1, 0.15) is 86.2 Å². The van der Waals surface area contributed by atoms with Crippen molar-refractivity contribution in [1.29, 1.82) is 0 Å². The Morgan fingerprint density at radius 2 is 0.338 bits per heavy atom. The minimum absolute atomic E-state index is 0.604. The first kappa shape index (κ1) is 39.4. The van der Waals surface area contributed by atoms with Gasteiger partial charge < -0.3 is 47.4 Å². The Morgan fingerprint density at radius 3 is 0.477 bits per heavy atom. The van der Waals surface area contributed by atoms with Gasteiger partial charge in [-0.25, -0.2) is 0 Å². The summed E-state index contributed by atoms with van der Waals surface area (Å²) in [5, 5.41) is 9.08. The lowest BCUT2D eigenvalue weighted by Crippen LogP contribution is -1.93. The average Bonchev–Trinajstić information content (AvgIpc) is 3.71. The fourth-order valence-electron chi connectivity index (χ4n) is 8.62. The molecule has 65 heavy (non-hydrogen) atoms. The van der Waals surface area contributed by atoms with Gasteiger partial charge in [-0.1, -0.05) is 0 Å². The van der Waals surface area contributed by atoms with Gasteiger partial charge >= 0.3 is 0 Å². The SMILES string of the molecule is COc1ccc(Oc2cc3c(Oc4ccc(OC)cc4)cc4c(Oc5ccc(OC)cc5)cc5c(Oc6ccc(OC)cc6)cc6c(Oc7ccc(OC)cc7)cc2c2c6c5c4c32)cc1. The van der Waals surface area contributed by atoms with Crippen LogP contribution in [0.1, 0.15) is 0 Å². The molecule has 0 N–H and O–H groups in total. The summed E-state index contributed by atoms with van der Waals surface area (Å²) in [6.45, 7) is 0. The van der Waals surface area contributed by atoms with Gasteiger partial charge in [0, 0.05) is 53.9 Å². The van der Waals surface area contributed by atoms with Crippen molar-refractivity contribution in [3.05, 3.63) is 152 Å². The van der Waals surface area contributed by atoms with E-state index in [1.807, 2.05) is 152 Å². The maximum atomic E-state index is 6.87. The van der Waals surface area contributed by atoms with Crippen molar-refractivity contribution < 1.29 is 47.4 Å². The van der Waals surface area contributed by atoms with Crippen LogP contribution < -0.4 is 47.4 Å². The molecule has 0 spiro atoms. The van der Waals surface area contributed by atoms with Crippen LogP contribution in [0.15, 0.2) is 152 Å². The van der Waals surface area contributed by atoms with E-state index in [1.54, 1.807) is 35.5 Å². The molecule has 0 aliphatic heterocycles. The Labute approximate surface area is 373 Å². The van der Waals surface area contributed by atoms with Crippen LogP contribution in [0.5, 0.6) is 86.2 Å². The highest BCUT2D eigenvalue weighted by molar-refractivity contribution is 6.47. The molecule has 0 aliphatic rings. The largest absolute Gasteiger partial charge is 0.497 e. The van der Waals surface area contributed by atoms with Crippen LogP contribution in [0.25, 0.3) is 53.9 Å². The zero-order chi connectivity index (χ0) is 44.2. The minimum atomic E-state index is 0.604. The molecule has 0 fully saturated rings. The van der Waals surface area contributed by atoms with E-state index in [-0.39, 0.29) is 0 Å². The number of benzene rings is 10. The van der Waals surface area contributed by atoms with E-state index >= 15 is 0 Å². The van der Waals surface area contributed by atoms with Crippen LogP contribution >= 0.6 is 0 Å². The standard InChI is InChI=1S/C55H40O10/c1-56-31-6-16-36(17-7-31)61-46-26-42-48(63-38-20-10-33(58-3)11-21-38)28-44-50(65-40-24-14-35(60-5)15-25-40)30-45-49(64-39-22-12-34(59-4)13-23-39)29-43-47(62-37-18-8-32(57-2)9-19-37)27-41(46)51-52(42)54(44)55(45)53(43)51/h6-30H,1-5H3. The summed E-state index contributed by atoms with van der Waals surface area (Å²) in [7, 11) is 8.20. The second-order valence-electron chi connectivity index (χ2n) is 15.4. The summed E-state index contributed by atoms with van der Waals surface area (Å²) >= 11 is 0. The minimum Gasteiger partial charge on any atom is -0.497 e. The first-order valence-corrected chi connectivity index (χ1v) is 20.8. The number of rotatable bonds is 15. The quantitative estimate of drug-likeness (QED) is 0.0928. The van der Waals surface area contributed by atoms with E-state index in [1.165, 1.54) is 0 Å². The lowest BCUT2D eigenvalue weighted by atomic mass is 9.97. The van der Waals surface area contributed by atoms with Crippen molar-refractivity contribution in [3.8, 4) is 86.2 Å². The first-order valence-electron chi connectivity index (χ1n) is 20.8. The van der Waals surface area contributed by atoms with E-state index in [0.29, 0.717) is 57.5 Å². The topological polar surface area (TPSA) is 92.3 Å². The molecule has 0 radical (unpaired) electrons. The summed E-state index contributed by atoms with van der Waals surface area (Å²) in [4.78, 5) is 0. The Bertz CT molecular complexity index is 2880. The van der Waals surface area contributed by atoms with Crippen LogP contribution in [-0.2, 0) is 0 Å². The van der Waals surface area contributed by atoms with E-state index < -0.39 is 0 Å². The normalized spacial score (nSPS) is 11.5. The van der Waals surface area contributed by atoms with Gasteiger partial charge in [0.2, 0.25) is 0 Å². The highest BCUT2D eigenvalue weighted by Gasteiger charge is 2.30. The van der Waals surface area contributed by atoms with Crippen LogP contribution in [0, 0.1) is 0 Å². The van der Waals surface area contributed by atoms with Gasteiger partial charge in [-0.15, -0.1) is 0 Å². The fourth-order valence-corrected chi connectivity index (χ4v) is 8.62. The second-order valence-corrected chi connectivity index (χ2v) is 15.4. The van der Waals surface area contributed by atoms with Crippen molar-refractivity contribution in [2.75, 3.05) is 35.5 Å². The van der Waals surface area contributed by atoms with Crippen molar-refractivity contribution in [3.63, 3.8) is 0 Å². The smallest absolute Gasteiger partial charge is 0.136 e.